The van der Waals surface area contributed by atoms with E-state index in [1.165, 1.54) is 31.1 Å². The lowest BCUT2D eigenvalue weighted by Gasteiger charge is -2.41. The molecule has 2 atom stereocenters. The van der Waals surface area contributed by atoms with Gasteiger partial charge in [-0.15, -0.1) is 0 Å². The van der Waals surface area contributed by atoms with E-state index in [4.69, 9.17) is 11.6 Å². The monoisotopic (exact) mass is 609 g/mol. The van der Waals surface area contributed by atoms with E-state index in [0.717, 1.165) is 22.5 Å². The van der Waals surface area contributed by atoms with Gasteiger partial charge in [-0.25, -0.2) is 17.6 Å². The van der Waals surface area contributed by atoms with Crippen LogP contribution in [0.2, 0.25) is 5.02 Å². The van der Waals surface area contributed by atoms with Gasteiger partial charge in [0.25, 0.3) is 10.0 Å². The summed E-state index contributed by atoms with van der Waals surface area (Å²) in [6.07, 6.45) is -2.83. The number of halogens is 5. The molecule has 0 saturated heterocycles. The first kappa shape index (κ1) is 30.4. The summed E-state index contributed by atoms with van der Waals surface area (Å²) in [5, 5.41) is 3.02. The highest BCUT2D eigenvalue weighted by Crippen LogP contribution is 2.39. The number of anilines is 1. The second-order valence-corrected chi connectivity index (χ2v) is 12.3. The Morgan fingerprint density at radius 3 is 2.41 bits per heavy atom. The maximum absolute atomic E-state index is 14.5. The highest BCUT2D eigenvalue weighted by molar-refractivity contribution is 7.92. The second-order valence-electron chi connectivity index (χ2n) is 10.0. The highest BCUT2D eigenvalue weighted by Gasteiger charge is 2.41. The number of amides is 2. The summed E-state index contributed by atoms with van der Waals surface area (Å²) in [5.74, 6) is -0.522. The average molecular weight is 610 g/mol. The van der Waals surface area contributed by atoms with Crippen LogP contribution in [0.3, 0.4) is 0 Å². The Morgan fingerprint density at radius 1 is 1.10 bits per heavy atom. The van der Waals surface area contributed by atoms with Gasteiger partial charge >= 0.3 is 12.2 Å². The minimum atomic E-state index is -4.75. The van der Waals surface area contributed by atoms with Gasteiger partial charge in [0, 0.05) is 19.7 Å². The van der Waals surface area contributed by atoms with Crippen molar-refractivity contribution in [3.8, 4) is 0 Å². The van der Waals surface area contributed by atoms with Crippen LogP contribution in [-0.2, 0) is 22.6 Å². The molecule has 2 amide bonds. The Hall–Kier alpha value is -3.57. The lowest BCUT2D eigenvalue weighted by molar-refractivity contribution is -0.137. The molecule has 218 valence electrons. The van der Waals surface area contributed by atoms with Crippen LogP contribution in [0, 0.1) is 5.82 Å². The van der Waals surface area contributed by atoms with E-state index >= 15 is 0 Å². The maximum atomic E-state index is 14.5. The van der Waals surface area contributed by atoms with Crippen LogP contribution in [0.25, 0.3) is 11.6 Å². The van der Waals surface area contributed by atoms with Crippen molar-refractivity contribution < 1.29 is 30.8 Å². The number of nitrogens with zero attached hydrogens (tertiary/aromatic N) is 2. The molecule has 41 heavy (non-hydrogen) atoms. The fraction of sp³-hybridized carbons (Fsp3) is 0.276. The van der Waals surface area contributed by atoms with Gasteiger partial charge in [0.1, 0.15) is 5.82 Å². The number of fused-ring (bicyclic) bond motifs is 1. The molecule has 1 aliphatic rings. The largest absolute Gasteiger partial charge is 0.416 e. The quantitative estimate of drug-likeness (QED) is 0.254. The third kappa shape index (κ3) is 6.20. The summed E-state index contributed by atoms with van der Waals surface area (Å²) in [6.45, 7) is 3.25. The second kappa shape index (κ2) is 11.4. The molecular formula is C29H28ClF4N3O3S. The Morgan fingerprint density at radius 2 is 1.78 bits per heavy atom. The van der Waals surface area contributed by atoms with Crippen LogP contribution in [0.15, 0.2) is 65.6 Å². The van der Waals surface area contributed by atoms with Crippen LogP contribution < -0.4 is 9.62 Å². The Balaban J connectivity index is 1.86. The fourth-order valence-electron chi connectivity index (χ4n) is 4.79. The molecule has 3 aromatic carbocycles. The SMILES string of the molecule is C/C(=C\c1ccc2c(c1)N(S(=O)(=O)c1cccc(C(F)(F)F)c1)[C@H](C)[C@H](NC(=O)N(C)C)C2)c1c(F)cccc1Cl. The lowest BCUT2D eigenvalue weighted by atomic mass is 9.92. The summed E-state index contributed by atoms with van der Waals surface area (Å²) in [6, 6.07) is 10.8. The van der Waals surface area contributed by atoms with E-state index in [1.807, 2.05) is 0 Å². The van der Waals surface area contributed by atoms with Crippen molar-refractivity contribution in [1.29, 1.82) is 0 Å². The first-order chi connectivity index (χ1) is 19.1. The first-order valence-corrected chi connectivity index (χ1v) is 14.4. The third-order valence-electron chi connectivity index (χ3n) is 6.91. The van der Waals surface area contributed by atoms with E-state index in [0.29, 0.717) is 22.8 Å². The molecule has 1 N–H and O–H groups in total. The number of urea groups is 1. The number of sulfonamides is 1. The molecule has 0 fully saturated rings. The van der Waals surface area contributed by atoms with Gasteiger partial charge in [-0.3, -0.25) is 4.31 Å². The number of alkyl halides is 3. The lowest BCUT2D eigenvalue weighted by Crippen LogP contribution is -2.57. The molecule has 0 saturated carbocycles. The molecule has 0 bridgehead atoms. The zero-order chi connectivity index (χ0) is 30.3. The van der Waals surface area contributed by atoms with E-state index in [-0.39, 0.29) is 22.7 Å². The molecule has 1 heterocycles. The molecule has 3 aromatic rings. The van der Waals surface area contributed by atoms with Gasteiger partial charge < -0.3 is 10.2 Å². The predicted octanol–water partition coefficient (Wildman–Crippen LogP) is 6.84. The average Bonchev–Trinajstić information content (AvgIpc) is 2.88. The molecular weight excluding hydrogens is 582 g/mol. The minimum absolute atomic E-state index is 0.195. The van der Waals surface area contributed by atoms with E-state index in [2.05, 4.69) is 5.32 Å². The van der Waals surface area contributed by atoms with Crippen LogP contribution in [-0.4, -0.2) is 45.5 Å². The highest BCUT2D eigenvalue weighted by atomic mass is 35.5. The molecule has 0 unspecified atom stereocenters. The Bertz CT molecular complexity index is 1600. The van der Waals surface area contributed by atoms with Gasteiger partial charge in [0.05, 0.1) is 33.3 Å². The maximum Gasteiger partial charge on any atom is 0.416 e. The summed E-state index contributed by atoms with van der Waals surface area (Å²) in [5.41, 5.74) is 0.899. The van der Waals surface area contributed by atoms with Gasteiger partial charge in [0.2, 0.25) is 0 Å². The first-order valence-electron chi connectivity index (χ1n) is 12.6. The summed E-state index contributed by atoms with van der Waals surface area (Å²) in [7, 11) is -1.46. The number of nitrogens with one attached hydrogen (secondary N) is 1. The summed E-state index contributed by atoms with van der Waals surface area (Å²) in [4.78, 5) is 13.3. The normalized spacial score (nSPS) is 17.7. The van der Waals surface area contributed by atoms with Crippen molar-refractivity contribution >= 4 is 45.0 Å². The Labute approximate surface area is 241 Å². The number of allylic oxidation sites excluding steroid dienone is 1. The minimum Gasteiger partial charge on any atom is -0.333 e. The number of hydrogen-bond acceptors (Lipinski definition) is 3. The number of hydrogen-bond donors (Lipinski definition) is 1. The fourth-order valence-corrected chi connectivity index (χ4v) is 6.87. The summed E-state index contributed by atoms with van der Waals surface area (Å²) < 4.78 is 84.0. The van der Waals surface area contributed by atoms with Crippen molar-refractivity contribution in [3.63, 3.8) is 0 Å². The van der Waals surface area contributed by atoms with Crippen LogP contribution >= 0.6 is 11.6 Å². The van der Waals surface area contributed by atoms with Gasteiger partial charge in [-0.05, 0) is 73.4 Å². The molecule has 4 rings (SSSR count). The van der Waals surface area contributed by atoms with Crippen molar-refractivity contribution in [2.24, 2.45) is 0 Å². The molecule has 6 nitrogen and oxygen atoms in total. The van der Waals surface area contributed by atoms with Crippen molar-refractivity contribution in [2.75, 3.05) is 18.4 Å². The molecule has 0 spiro atoms. The predicted molar refractivity (Wildman–Crippen MR) is 152 cm³/mol. The van der Waals surface area contributed by atoms with Crippen molar-refractivity contribution in [2.45, 2.75) is 43.4 Å². The molecule has 0 radical (unpaired) electrons. The van der Waals surface area contributed by atoms with E-state index in [9.17, 15) is 30.8 Å². The van der Waals surface area contributed by atoms with Gasteiger partial charge in [-0.1, -0.05) is 41.9 Å². The van der Waals surface area contributed by atoms with Gasteiger partial charge in [-0.2, -0.15) is 13.2 Å². The summed E-state index contributed by atoms with van der Waals surface area (Å²) >= 11 is 6.21. The van der Waals surface area contributed by atoms with Crippen LogP contribution in [0.5, 0.6) is 0 Å². The molecule has 0 aromatic heterocycles. The smallest absolute Gasteiger partial charge is 0.333 e. The van der Waals surface area contributed by atoms with Crippen LogP contribution in [0.1, 0.15) is 36.1 Å². The van der Waals surface area contributed by atoms with E-state index in [1.54, 1.807) is 44.2 Å². The Kier molecular flexibility index (Phi) is 8.42. The molecule has 12 heteroatoms. The number of carbonyl (C=O) groups is 1. The zero-order valence-corrected chi connectivity index (χ0v) is 24.2. The zero-order valence-electron chi connectivity index (χ0n) is 22.6. The van der Waals surface area contributed by atoms with Crippen molar-refractivity contribution in [3.05, 3.63) is 93.8 Å². The third-order valence-corrected chi connectivity index (χ3v) is 9.12. The van der Waals surface area contributed by atoms with Crippen LogP contribution in [0.4, 0.5) is 28.0 Å². The van der Waals surface area contributed by atoms with Gasteiger partial charge in [0.15, 0.2) is 0 Å². The van der Waals surface area contributed by atoms with Crippen molar-refractivity contribution in [1.82, 2.24) is 10.2 Å². The molecule has 1 aliphatic heterocycles. The van der Waals surface area contributed by atoms with E-state index < -0.39 is 50.6 Å². The molecule has 0 aliphatic carbocycles. The number of rotatable bonds is 5. The topological polar surface area (TPSA) is 69.7 Å². The number of benzene rings is 3. The number of carbonyl (C=O) groups excluding carboxylic acids is 1. The standard InChI is InChI=1S/C29H28ClF4N3O3S/c1-17(27-23(30)9-6-10-24(27)31)13-19-11-12-20-15-25(35-28(38)36(3)4)18(2)37(26(20)14-19)41(39,40)22-8-5-7-21(16-22)29(32,33)34/h5-14,16,18,25H,15H2,1-4H3,(H,35,38)/b17-13+/t18-,25-/m1/s1.